The number of rotatable bonds is 7. The molecule has 2 N–H and O–H groups in total. The van der Waals surface area contributed by atoms with Gasteiger partial charge in [0.15, 0.2) is 0 Å². The van der Waals surface area contributed by atoms with Gasteiger partial charge in [-0.05, 0) is 42.8 Å². The number of carbonyl (C=O) groups excluding carboxylic acids is 2. The number of ether oxygens (including phenoxy) is 1. The van der Waals surface area contributed by atoms with E-state index in [0.717, 1.165) is 18.2 Å². The molecule has 2 aromatic carbocycles. The van der Waals surface area contributed by atoms with E-state index in [0.29, 0.717) is 10.6 Å². The van der Waals surface area contributed by atoms with Crippen molar-refractivity contribution in [1.82, 2.24) is 5.32 Å². The van der Waals surface area contributed by atoms with Crippen molar-refractivity contribution in [3.63, 3.8) is 0 Å². The molecule has 0 fully saturated rings. The van der Waals surface area contributed by atoms with Gasteiger partial charge >= 0.3 is 6.18 Å². The highest BCUT2D eigenvalue weighted by Crippen LogP contribution is 2.35. The molecule has 0 radical (unpaired) electrons. The van der Waals surface area contributed by atoms with Gasteiger partial charge in [-0.2, -0.15) is 13.2 Å². The van der Waals surface area contributed by atoms with Crippen molar-refractivity contribution < 1.29 is 27.5 Å². The van der Waals surface area contributed by atoms with Crippen LogP contribution < -0.4 is 15.4 Å². The zero-order valence-corrected chi connectivity index (χ0v) is 16.5. The summed E-state index contributed by atoms with van der Waals surface area (Å²) in [6.45, 7) is 3.20. The lowest BCUT2D eigenvalue weighted by Crippen LogP contribution is -2.29. The van der Waals surface area contributed by atoms with Crippen LogP contribution in [-0.2, 0) is 15.8 Å². The predicted molar refractivity (Wildman–Crippen MR) is 104 cm³/mol. The van der Waals surface area contributed by atoms with Crippen molar-refractivity contribution in [2.24, 2.45) is 0 Å². The van der Waals surface area contributed by atoms with E-state index in [4.69, 9.17) is 16.3 Å². The van der Waals surface area contributed by atoms with Gasteiger partial charge in [0.05, 0.1) is 30.3 Å². The summed E-state index contributed by atoms with van der Waals surface area (Å²) in [5, 5.41) is 5.60. The molecule has 0 aliphatic heterocycles. The van der Waals surface area contributed by atoms with Crippen LogP contribution in [0.4, 0.5) is 18.9 Å². The topological polar surface area (TPSA) is 67.4 Å². The van der Waals surface area contributed by atoms with Crippen molar-refractivity contribution >= 4 is 29.1 Å². The lowest BCUT2D eigenvalue weighted by atomic mass is 10.0. The summed E-state index contributed by atoms with van der Waals surface area (Å²) in [7, 11) is 0. The van der Waals surface area contributed by atoms with Gasteiger partial charge in [0.2, 0.25) is 11.8 Å². The summed E-state index contributed by atoms with van der Waals surface area (Å²) >= 11 is 5.86. The number of benzene rings is 2. The van der Waals surface area contributed by atoms with E-state index < -0.39 is 23.7 Å². The van der Waals surface area contributed by atoms with Crippen LogP contribution in [0.15, 0.2) is 42.5 Å². The Morgan fingerprint density at radius 2 is 1.79 bits per heavy atom. The minimum Gasteiger partial charge on any atom is -0.492 e. The first-order chi connectivity index (χ1) is 13.6. The molecular formula is C20H20ClF3N2O3. The summed E-state index contributed by atoms with van der Waals surface area (Å²) in [4.78, 5) is 24.1. The van der Waals surface area contributed by atoms with Crippen LogP contribution in [0.3, 0.4) is 0 Å². The number of hydrogen-bond acceptors (Lipinski definition) is 3. The van der Waals surface area contributed by atoms with Crippen molar-refractivity contribution in [1.29, 1.82) is 0 Å². The number of anilines is 1. The van der Waals surface area contributed by atoms with Crippen molar-refractivity contribution in [3.8, 4) is 5.75 Å². The molecule has 0 saturated carbocycles. The van der Waals surface area contributed by atoms with Gasteiger partial charge in [0, 0.05) is 11.9 Å². The Bertz CT molecular complexity index is 870. The van der Waals surface area contributed by atoms with E-state index >= 15 is 0 Å². The van der Waals surface area contributed by atoms with Crippen molar-refractivity contribution in [3.05, 3.63) is 58.6 Å². The van der Waals surface area contributed by atoms with Gasteiger partial charge in [-0.25, -0.2) is 0 Å². The van der Waals surface area contributed by atoms with Crippen LogP contribution in [0.2, 0.25) is 5.02 Å². The zero-order valence-electron chi connectivity index (χ0n) is 15.8. The monoisotopic (exact) mass is 428 g/mol. The van der Waals surface area contributed by atoms with Gasteiger partial charge in [0.1, 0.15) is 5.75 Å². The minimum atomic E-state index is -4.56. The SMILES string of the molecule is CCOc1ccc(C(F)(F)F)cc1NC(=O)CC(NC(C)=O)c1ccc(Cl)cc1. The molecule has 29 heavy (non-hydrogen) atoms. The third-order valence-corrected chi connectivity index (χ3v) is 4.17. The summed E-state index contributed by atoms with van der Waals surface area (Å²) in [5.41, 5.74) is -0.370. The molecule has 9 heteroatoms. The molecular weight excluding hydrogens is 409 g/mol. The lowest BCUT2D eigenvalue weighted by Gasteiger charge is -2.19. The maximum atomic E-state index is 13.0. The maximum absolute atomic E-state index is 13.0. The van der Waals surface area contributed by atoms with Crippen molar-refractivity contribution in [2.75, 3.05) is 11.9 Å². The molecule has 1 unspecified atom stereocenters. The number of halogens is 4. The van der Waals surface area contributed by atoms with Gasteiger partial charge in [-0.1, -0.05) is 23.7 Å². The first kappa shape index (κ1) is 22.5. The van der Waals surface area contributed by atoms with E-state index in [-0.39, 0.29) is 30.4 Å². The quantitative estimate of drug-likeness (QED) is 0.654. The molecule has 0 heterocycles. The Hall–Kier alpha value is -2.74. The first-order valence-corrected chi connectivity index (χ1v) is 9.14. The summed E-state index contributed by atoms with van der Waals surface area (Å²) in [5.74, 6) is -0.817. The van der Waals surface area contributed by atoms with E-state index in [1.807, 2.05) is 0 Å². The molecule has 0 aliphatic rings. The Balaban J connectivity index is 2.24. The number of hydrogen-bond donors (Lipinski definition) is 2. The Morgan fingerprint density at radius 1 is 1.14 bits per heavy atom. The van der Waals surface area contributed by atoms with E-state index in [1.54, 1.807) is 31.2 Å². The van der Waals surface area contributed by atoms with Gasteiger partial charge in [-0.15, -0.1) is 0 Å². The average molecular weight is 429 g/mol. The molecule has 0 bridgehead atoms. The van der Waals surface area contributed by atoms with Crippen LogP contribution in [0.25, 0.3) is 0 Å². The summed E-state index contributed by atoms with van der Waals surface area (Å²) in [6, 6.07) is 8.73. The smallest absolute Gasteiger partial charge is 0.416 e. The Labute approximate surface area is 171 Å². The van der Waals surface area contributed by atoms with Gasteiger partial charge in [-0.3, -0.25) is 9.59 Å². The number of nitrogens with one attached hydrogen (secondary N) is 2. The van der Waals surface area contributed by atoms with Crippen LogP contribution in [-0.4, -0.2) is 18.4 Å². The van der Waals surface area contributed by atoms with E-state index in [1.165, 1.54) is 6.92 Å². The summed E-state index contributed by atoms with van der Waals surface area (Å²) in [6.07, 6.45) is -4.75. The predicted octanol–water partition coefficient (Wildman–Crippen LogP) is 4.96. The number of carbonyl (C=O) groups is 2. The second kappa shape index (κ2) is 9.65. The molecule has 0 spiro atoms. The fourth-order valence-electron chi connectivity index (χ4n) is 2.66. The number of amides is 2. The third-order valence-electron chi connectivity index (χ3n) is 3.92. The fraction of sp³-hybridized carbons (Fsp3) is 0.300. The van der Waals surface area contributed by atoms with Gasteiger partial charge < -0.3 is 15.4 Å². The molecule has 2 rings (SSSR count). The van der Waals surface area contributed by atoms with Crippen LogP contribution in [0.5, 0.6) is 5.75 Å². The highest BCUT2D eigenvalue weighted by atomic mass is 35.5. The highest BCUT2D eigenvalue weighted by molar-refractivity contribution is 6.30. The lowest BCUT2D eigenvalue weighted by molar-refractivity contribution is -0.137. The molecule has 2 amide bonds. The fourth-order valence-corrected chi connectivity index (χ4v) is 2.79. The second-order valence-corrected chi connectivity index (χ2v) is 6.64. The Morgan fingerprint density at radius 3 is 2.34 bits per heavy atom. The zero-order chi connectivity index (χ0) is 21.6. The van der Waals surface area contributed by atoms with Crippen LogP contribution in [0.1, 0.15) is 37.4 Å². The average Bonchev–Trinajstić information content (AvgIpc) is 2.62. The standard InChI is InChI=1S/C20H20ClF3N2O3/c1-3-29-18-9-6-14(20(22,23)24)10-17(18)26-19(28)11-16(25-12(2)27)13-4-7-15(21)8-5-13/h4-10,16H,3,11H2,1-2H3,(H,25,27)(H,26,28). The molecule has 5 nitrogen and oxygen atoms in total. The second-order valence-electron chi connectivity index (χ2n) is 6.20. The van der Waals surface area contributed by atoms with Crippen molar-refractivity contribution in [2.45, 2.75) is 32.5 Å². The van der Waals surface area contributed by atoms with Crippen LogP contribution >= 0.6 is 11.6 Å². The third kappa shape index (κ3) is 6.67. The molecule has 1 atom stereocenters. The van der Waals surface area contributed by atoms with Gasteiger partial charge in [0.25, 0.3) is 0 Å². The highest BCUT2D eigenvalue weighted by Gasteiger charge is 2.31. The summed E-state index contributed by atoms with van der Waals surface area (Å²) < 4.78 is 44.4. The van der Waals surface area contributed by atoms with Crippen LogP contribution in [0, 0.1) is 0 Å². The largest absolute Gasteiger partial charge is 0.492 e. The maximum Gasteiger partial charge on any atom is 0.416 e. The molecule has 2 aromatic rings. The number of alkyl halides is 3. The first-order valence-electron chi connectivity index (χ1n) is 8.76. The molecule has 156 valence electrons. The molecule has 0 saturated heterocycles. The normalized spacial score (nSPS) is 12.2. The minimum absolute atomic E-state index is 0.0932. The molecule has 0 aliphatic carbocycles. The molecule has 0 aromatic heterocycles. The van der Waals surface area contributed by atoms with E-state index in [9.17, 15) is 22.8 Å². The Kier molecular flexibility index (Phi) is 7.50. The van der Waals surface area contributed by atoms with E-state index in [2.05, 4.69) is 10.6 Å².